The van der Waals surface area contributed by atoms with Gasteiger partial charge in [0.25, 0.3) is 0 Å². The number of nitrogens with zero attached hydrogens (tertiary/aromatic N) is 2. The molecule has 6 nitrogen and oxygen atoms in total. The summed E-state index contributed by atoms with van der Waals surface area (Å²) in [6.45, 7) is 4.32. The van der Waals surface area contributed by atoms with E-state index in [9.17, 15) is 10.2 Å². The van der Waals surface area contributed by atoms with Gasteiger partial charge >= 0.3 is 0 Å². The Balaban J connectivity index is 1.12. The van der Waals surface area contributed by atoms with Crippen molar-refractivity contribution in [1.82, 2.24) is 9.88 Å². The maximum atomic E-state index is 12.6. The molecule has 9 rings (SSSR count). The first-order chi connectivity index (χ1) is 18.8. The molecule has 4 aliphatic carbocycles. The lowest BCUT2D eigenvalue weighted by Crippen LogP contribution is -2.58. The largest absolute Gasteiger partial charge is 0.390 e. The molecule has 0 amide bonds. The zero-order valence-electron chi connectivity index (χ0n) is 22.7. The molecule has 6 heteroatoms. The van der Waals surface area contributed by atoms with Crippen LogP contribution in [0.4, 0.5) is 0 Å². The van der Waals surface area contributed by atoms with Gasteiger partial charge in [0, 0.05) is 54.3 Å². The molecule has 5 fully saturated rings. The second kappa shape index (κ2) is 7.40. The monoisotopic (exact) mass is 525 g/mol. The van der Waals surface area contributed by atoms with Gasteiger partial charge in [-0.15, -0.1) is 0 Å². The SMILES string of the molecule is C[C@]12CC=C3C=C4[C@H]5C[C@H]5[C@@H](N5CC[C@@H](N)C5)C[C@]45CCC3(O5)[C@@H]1C[C@@H](O)[C@]2(O)c1ccc2ccncc2c1. The van der Waals surface area contributed by atoms with Gasteiger partial charge in [-0.05, 0) is 91.0 Å². The van der Waals surface area contributed by atoms with Crippen LogP contribution >= 0.6 is 0 Å². The number of fused-ring (bicyclic) bond motifs is 4. The molecule has 39 heavy (non-hydrogen) atoms. The molecule has 1 aromatic heterocycles. The Bertz CT molecular complexity index is 1470. The third kappa shape index (κ3) is 2.78. The molecular weight excluding hydrogens is 486 g/mol. The van der Waals surface area contributed by atoms with Crippen molar-refractivity contribution < 1.29 is 14.9 Å². The van der Waals surface area contributed by atoms with Gasteiger partial charge in [0.15, 0.2) is 0 Å². The van der Waals surface area contributed by atoms with Crippen molar-refractivity contribution in [2.75, 3.05) is 13.1 Å². The number of aliphatic hydroxyl groups excluding tert-OH is 1. The molecular formula is C33H39N3O3. The van der Waals surface area contributed by atoms with Crippen LogP contribution in [0.5, 0.6) is 0 Å². The van der Waals surface area contributed by atoms with Crippen molar-refractivity contribution in [3.63, 3.8) is 0 Å². The van der Waals surface area contributed by atoms with Gasteiger partial charge in [-0.3, -0.25) is 9.88 Å². The van der Waals surface area contributed by atoms with Gasteiger partial charge < -0.3 is 20.7 Å². The minimum atomic E-state index is -1.36. The van der Waals surface area contributed by atoms with Crippen LogP contribution in [0, 0.1) is 23.2 Å². The predicted molar refractivity (Wildman–Crippen MR) is 149 cm³/mol. The fourth-order valence-electron chi connectivity index (χ4n) is 10.5. The lowest BCUT2D eigenvalue weighted by molar-refractivity contribution is -0.176. The molecule has 4 N–H and O–H groups in total. The summed E-state index contributed by atoms with van der Waals surface area (Å²) in [5.41, 5.74) is 7.45. The number of pyridine rings is 1. The van der Waals surface area contributed by atoms with Crippen molar-refractivity contribution in [3.8, 4) is 0 Å². The summed E-state index contributed by atoms with van der Waals surface area (Å²) in [5, 5.41) is 26.3. The number of nitrogens with two attached hydrogens (primary N) is 1. The summed E-state index contributed by atoms with van der Waals surface area (Å²) >= 11 is 0. The van der Waals surface area contributed by atoms with Crippen LogP contribution in [0.1, 0.15) is 57.4 Å². The normalized spacial score (nSPS) is 49.6. The molecule has 1 unspecified atom stereocenters. The first kappa shape index (κ1) is 23.6. The summed E-state index contributed by atoms with van der Waals surface area (Å²) in [4.78, 5) is 6.97. The number of hydrogen-bond acceptors (Lipinski definition) is 6. The van der Waals surface area contributed by atoms with Gasteiger partial charge in [-0.2, -0.15) is 0 Å². The van der Waals surface area contributed by atoms with Gasteiger partial charge in [0.05, 0.1) is 17.3 Å². The average Bonchev–Trinajstić information content (AvgIpc) is 3.45. The summed E-state index contributed by atoms with van der Waals surface area (Å²) in [6.07, 6.45) is 14.4. The van der Waals surface area contributed by atoms with Crippen molar-refractivity contribution in [1.29, 1.82) is 0 Å². The van der Waals surface area contributed by atoms with Crippen molar-refractivity contribution in [2.45, 2.75) is 86.9 Å². The lowest BCUT2D eigenvalue weighted by Gasteiger charge is -2.56. The first-order valence-corrected chi connectivity index (χ1v) is 15.1. The molecule has 2 saturated heterocycles. The third-order valence-electron chi connectivity index (χ3n) is 12.6. The number of hydrogen-bond donors (Lipinski definition) is 3. The second-order valence-corrected chi connectivity index (χ2v) is 14.2. The van der Waals surface area contributed by atoms with E-state index in [2.05, 4.69) is 29.0 Å². The number of allylic oxidation sites excluding steroid dienone is 1. The standard InChI is InChI=1S/C33H39N3O3/c1-30-7-4-21-13-26-24-14-25(24)27(36-11-6-23(34)18-36)16-31(26)8-9-32(21,39-31)28(30)15-29(37)33(30,38)22-3-2-19-5-10-35-17-20(19)12-22/h2-5,10,12-13,17,23-25,27-29,37-38H,6-9,11,14-16,18,34H2,1H3/t23-,24+,25-,27+,28-,29-,30+,31-,32?,33-/m1/s1. The first-order valence-electron chi connectivity index (χ1n) is 15.1. The summed E-state index contributed by atoms with van der Waals surface area (Å²) in [5.74, 6) is 1.43. The number of aliphatic hydroxyl groups is 2. The summed E-state index contributed by atoms with van der Waals surface area (Å²) in [6, 6.07) is 8.94. The maximum absolute atomic E-state index is 12.6. The Labute approximate surface area is 229 Å². The molecule has 2 aromatic rings. The van der Waals surface area contributed by atoms with E-state index in [1.165, 1.54) is 12.0 Å². The van der Waals surface area contributed by atoms with E-state index in [0.717, 1.165) is 67.4 Å². The van der Waals surface area contributed by atoms with E-state index < -0.39 is 22.7 Å². The third-order valence-corrected chi connectivity index (χ3v) is 12.6. The quantitative estimate of drug-likeness (QED) is 0.552. The Hall–Kier alpha value is -2.09. The van der Waals surface area contributed by atoms with Gasteiger partial charge in [0.1, 0.15) is 5.60 Å². The minimum absolute atomic E-state index is 0.0438. The van der Waals surface area contributed by atoms with Crippen molar-refractivity contribution >= 4 is 10.8 Å². The van der Waals surface area contributed by atoms with Crippen LogP contribution in [-0.4, -0.2) is 62.6 Å². The Morgan fingerprint density at radius 3 is 2.90 bits per heavy atom. The van der Waals surface area contributed by atoms with Crippen LogP contribution in [0.25, 0.3) is 10.8 Å². The number of rotatable bonds is 2. The maximum Gasteiger partial charge on any atom is 0.121 e. The van der Waals surface area contributed by atoms with E-state index in [4.69, 9.17) is 10.5 Å². The smallest absolute Gasteiger partial charge is 0.121 e. The minimum Gasteiger partial charge on any atom is -0.390 e. The highest BCUT2D eigenvalue weighted by Crippen LogP contribution is 2.73. The number of aromatic nitrogens is 1. The molecule has 7 aliphatic rings. The Kier molecular flexibility index (Phi) is 4.48. The average molecular weight is 526 g/mol. The zero-order valence-corrected chi connectivity index (χ0v) is 22.7. The van der Waals surface area contributed by atoms with E-state index in [-0.39, 0.29) is 11.5 Å². The van der Waals surface area contributed by atoms with Crippen LogP contribution in [-0.2, 0) is 10.3 Å². The fourth-order valence-corrected chi connectivity index (χ4v) is 10.5. The summed E-state index contributed by atoms with van der Waals surface area (Å²) in [7, 11) is 0. The predicted octanol–water partition coefficient (Wildman–Crippen LogP) is 3.81. The van der Waals surface area contributed by atoms with Crippen LogP contribution in [0.3, 0.4) is 0 Å². The van der Waals surface area contributed by atoms with E-state index in [1.807, 2.05) is 30.5 Å². The van der Waals surface area contributed by atoms with E-state index in [0.29, 0.717) is 24.4 Å². The zero-order chi connectivity index (χ0) is 26.4. The number of ether oxygens (including phenoxy) is 1. The fraction of sp³-hybridized carbons (Fsp3) is 0.606. The molecule has 4 heterocycles. The molecule has 10 atom stereocenters. The molecule has 2 spiro atoms. The number of benzene rings is 1. The molecule has 1 aromatic carbocycles. The van der Waals surface area contributed by atoms with Gasteiger partial charge in [-0.1, -0.05) is 31.2 Å². The van der Waals surface area contributed by atoms with Crippen LogP contribution in [0.2, 0.25) is 0 Å². The van der Waals surface area contributed by atoms with E-state index in [1.54, 1.807) is 11.8 Å². The van der Waals surface area contributed by atoms with Crippen LogP contribution in [0.15, 0.2) is 60.0 Å². The van der Waals surface area contributed by atoms with Crippen molar-refractivity contribution in [2.24, 2.45) is 28.9 Å². The van der Waals surface area contributed by atoms with Crippen LogP contribution < -0.4 is 5.73 Å². The molecule has 0 radical (unpaired) electrons. The highest BCUT2D eigenvalue weighted by atomic mass is 16.5. The van der Waals surface area contributed by atoms with Crippen molar-refractivity contribution in [3.05, 3.63) is 65.5 Å². The lowest BCUT2D eigenvalue weighted by atomic mass is 9.56. The molecule has 204 valence electrons. The van der Waals surface area contributed by atoms with E-state index >= 15 is 0 Å². The second-order valence-electron chi connectivity index (χ2n) is 14.2. The Morgan fingerprint density at radius 2 is 2.05 bits per heavy atom. The Morgan fingerprint density at radius 1 is 1.15 bits per heavy atom. The van der Waals surface area contributed by atoms with Gasteiger partial charge in [0.2, 0.25) is 0 Å². The number of likely N-dealkylation sites (tertiary alicyclic amines) is 1. The highest BCUT2D eigenvalue weighted by molar-refractivity contribution is 5.82. The topological polar surface area (TPSA) is 91.8 Å². The molecule has 3 saturated carbocycles. The summed E-state index contributed by atoms with van der Waals surface area (Å²) < 4.78 is 7.49. The molecule has 3 aliphatic heterocycles. The molecule has 2 bridgehead atoms. The highest BCUT2D eigenvalue weighted by Gasteiger charge is 2.74. The van der Waals surface area contributed by atoms with Gasteiger partial charge in [-0.25, -0.2) is 0 Å².